The zero-order chi connectivity index (χ0) is 20.8. The molecule has 29 heavy (non-hydrogen) atoms. The van der Waals surface area contributed by atoms with Gasteiger partial charge in [-0.1, -0.05) is 35.9 Å². The normalized spacial score (nSPS) is 13.8. The zero-order valence-electron chi connectivity index (χ0n) is 14.6. The number of fused-ring (bicyclic) bond motifs is 2. The Morgan fingerprint density at radius 3 is 2.72 bits per heavy atom. The first-order chi connectivity index (χ1) is 13.8. The molecule has 5 nitrogen and oxygen atoms in total. The molecule has 0 unspecified atom stereocenters. The average Bonchev–Trinajstić information content (AvgIpc) is 2.68. The molecular weight excluding hydrogens is 475 g/mol. The van der Waals surface area contributed by atoms with Gasteiger partial charge in [0.15, 0.2) is 5.69 Å². The van der Waals surface area contributed by atoms with Gasteiger partial charge in [0.2, 0.25) is 0 Å². The molecule has 0 atom stereocenters. The number of hydrogen-bond acceptors (Lipinski definition) is 4. The van der Waals surface area contributed by atoms with Crippen LogP contribution in [0.4, 0.5) is 18.9 Å². The van der Waals surface area contributed by atoms with E-state index in [1.165, 1.54) is 11.1 Å². The number of carbonyl (C=O) groups is 1. The predicted molar refractivity (Wildman–Crippen MR) is 106 cm³/mol. The lowest BCUT2D eigenvalue weighted by atomic mass is 10.1. The minimum Gasteiger partial charge on any atom is -0.489 e. The van der Waals surface area contributed by atoms with Crippen molar-refractivity contribution in [3.8, 4) is 5.75 Å². The number of para-hydroxylation sites is 3. The van der Waals surface area contributed by atoms with Crippen molar-refractivity contribution in [3.63, 3.8) is 0 Å². The van der Waals surface area contributed by atoms with Crippen molar-refractivity contribution in [2.24, 2.45) is 0 Å². The van der Waals surface area contributed by atoms with Crippen LogP contribution in [0.1, 0.15) is 16.1 Å². The molecule has 0 fully saturated rings. The van der Waals surface area contributed by atoms with Crippen LogP contribution in [0.15, 0.2) is 46.9 Å². The molecule has 3 aromatic rings. The molecule has 0 spiro atoms. The van der Waals surface area contributed by atoms with E-state index < -0.39 is 23.3 Å². The number of amides is 1. The number of hydrogen-bond donors (Lipinski definition) is 1. The molecule has 4 rings (SSSR count). The van der Waals surface area contributed by atoms with Crippen LogP contribution in [-0.4, -0.2) is 24.0 Å². The molecule has 150 valence electrons. The smallest absolute Gasteiger partial charge is 0.434 e. The van der Waals surface area contributed by atoms with Gasteiger partial charge in [0.25, 0.3) is 5.91 Å². The summed E-state index contributed by atoms with van der Waals surface area (Å²) in [5.41, 5.74) is 0.989. The number of aromatic nitrogens is 1. The number of nitrogens with zero attached hydrogens (tertiary/aromatic N) is 2. The molecule has 0 bridgehead atoms. The number of alkyl halides is 3. The Morgan fingerprint density at radius 2 is 1.97 bits per heavy atom. The van der Waals surface area contributed by atoms with Crippen molar-refractivity contribution >= 4 is 50.0 Å². The minimum atomic E-state index is -4.87. The maximum absolute atomic E-state index is 13.7. The molecule has 2 aromatic carbocycles. The highest BCUT2D eigenvalue weighted by molar-refractivity contribution is 9.10. The van der Waals surface area contributed by atoms with E-state index in [9.17, 15) is 18.0 Å². The lowest BCUT2D eigenvalue weighted by Crippen LogP contribution is -2.47. The quantitative estimate of drug-likeness (QED) is 0.540. The van der Waals surface area contributed by atoms with E-state index in [1.807, 2.05) is 0 Å². The highest BCUT2D eigenvalue weighted by Crippen LogP contribution is 2.39. The first kappa shape index (κ1) is 19.8. The SMILES string of the molecule is O=C(NN1CCOc2ccccc21)c1c(C(F)(F)F)nc2c(Br)cccc2c1Cl. The first-order valence-electron chi connectivity index (χ1n) is 8.42. The zero-order valence-corrected chi connectivity index (χ0v) is 16.9. The highest BCUT2D eigenvalue weighted by Gasteiger charge is 2.40. The number of benzene rings is 2. The van der Waals surface area contributed by atoms with Crippen LogP contribution in [-0.2, 0) is 6.18 Å². The van der Waals surface area contributed by atoms with Crippen molar-refractivity contribution < 1.29 is 22.7 Å². The average molecular weight is 487 g/mol. The first-order valence-corrected chi connectivity index (χ1v) is 9.59. The van der Waals surface area contributed by atoms with E-state index >= 15 is 0 Å². The molecule has 1 amide bonds. The number of anilines is 1. The molecule has 2 heterocycles. The fourth-order valence-electron chi connectivity index (χ4n) is 3.09. The molecule has 0 aliphatic carbocycles. The van der Waals surface area contributed by atoms with Gasteiger partial charge in [0.1, 0.15) is 12.4 Å². The van der Waals surface area contributed by atoms with Gasteiger partial charge in [0.05, 0.1) is 28.3 Å². The number of pyridine rings is 1. The maximum Gasteiger partial charge on any atom is 0.434 e. The number of nitrogens with one attached hydrogen (secondary N) is 1. The minimum absolute atomic E-state index is 0.0260. The highest BCUT2D eigenvalue weighted by atomic mass is 79.9. The fourth-order valence-corrected chi connectivity index (χ4v) is 3.87. The fraction of sp³-hybridized carbons (Fsp3) is 0.158. The molecule has 1 aliphatic heterocycles. The van der Waals surface area contributed by atoms with Crippen molar-refractivity contribution in [1.82, 2.24) is 10.4 Å². The Labute approximate surface area is 176 Å². The summed E-state index contributed by atoms with van der Waals surface area (Å²) in [7, 11) is 0. The van der Waals surface area contributed by atoms with Crippen LogP contribution in [0, 0.1) is 0 Å². The van der Waals surface area contributed by atoms with Gasteiger partial charge in [-0.05, 0) is 34.1 Å². The number of halogens is 5. The van der Waals surface area contributed by atoms with Crippen LogP contribution in [0.5, 0.6) is 5.75 Å². The van der Waals surface area contributed by atoms with Crippen LogP contribution in [0.2, 0.25) is 5.02 Å². The molecule has 1 N–H and O–H groups in total. The van der Waals surface area contributed by atoms with Crippen LogP contribution in [0.25, 0.3) is 10.9 Å². The van der Waals surface area contributed by atoms with Gasteiger partial charge in [-0.3, -0.25) is 15.2 Å². The second kappa shape index (κ2) is 7.38. The predicted octanol–water partition coefficient (Wildman–Crippen LogP) is 5.21. The van der Waals surface area contributed by atoms with Gasteiger partial charge in [-0.2, -0.15) is 13.2 Å². The Hall–Kier alpha value is -2.52. The molecule has 10 heteroatoms. The summed E-state index contributed by atoms with van der Waals surface area (Å²) in [6.07, 6.45) is -4.87. The maximum atomic E-state index is 13.7. The molecule has 1 aliphatic rings. The van der Waals surface area contributed by atoms with E-state index in [2.05, 4.69) is 26.3 Å². The third-order valence-electron chi connectivity index (χ3n) is 4.36. The number of ether oxygens (including phenoxy) is 1. The van der Waals surface area contributed by atoms with Crippen LogP contribution in [0.3, 0.4) is 0 Å². The van der Waals surface area contributed by atoms with Crippen molar-refractivity contribution in [2.45, 2.75) is 6.18 Å². The molecule has 1 aromatic heterocycles. The second-order valence-corrected chi connectivity index (χ2v) is 7.42. The summed E-state index contributed by atoms with van der Waals surface area (Å²) < 4.78 is 47.0. The lowest BCUT2D eigenvalue weighted by molar-refractivity contribution is -0.141. The van der Waals surface area contributed by atoms with E-state index in [4.69, 9.17) is 16.3 Å². The largest absolute Gasteiger partial charge is 0.489 e. The van der Waals surface area contributed by atoms with Crippen LogP contribution >= 0.6 is 27.5 Å². The van der Waals surface area contributed by atoms with Gasteiger partial charge >= 0.3 is 6.18 Å². The van der Waals surface area contributed by atoms with Crippen molar-refractivity contribution in [1.29, 1.82) is 0 Å². The Morgan fingerprint density at radius 1 is 1.21 bits per heavy atom. The standard InChI is InChI=1S/C19H12BrClF3N3O2/c20-11-5-3-4-10-15(21)14(17(19(22,23)24)25-16(10)11)18(28)26-27-8-9-29-13-7-2-1-6-12(13)27/h1-7H,8-9H2,(H,26,28). The Kier molecular flexibility index (Phi) is 5.04. The van der Waals surface area contributed by atoms with E-state index in [1.54, 1.807) is 36.4 Å². The molecule has 0 saturated heterocycles. The van der Waals surface area contributed by atoms with Crippen LogP contribution < -0.4 is 15.2 Å². The number of rotatable bonds is 2. The summed E-state index contributed by atoms with van der Waals surface area (Å²) in [6, 6.07) is 11.6. The lowest BCUT2D eigenvalue weighted by Gasteiger charge is -2.31. The third kappa shape index (κ3) is 3.60. The Balaban J connectivity index is 1.81. The van der Waals surface area contributed by atoms with Crippen molar-refractivity contribution in [2.75, 3.05) is 18.2 Å². The van der Waals surface area contributed by atoms with Crippen molar-refractivity contribution in [3.05, 3.63) is 63.2 Å². The Bertz CT molecular complexity index is 1120. The topological polar surface area (TPSA) is 54.5 Å². The number of hydrazine groups is 1. The second-order valence-electron chi connectivity index (χ2n) is 6.19. The molecular formula is C19H12BrClF3N3O2. The third-order valence-corrected chi connectivity index (χ3v) is 5.40. The molecule has 0 saturated carbocycles. The summed E-state index contributed by atoms with van der Waals surface area (Å²) in [4.78, 5) is 16.6. The van der Waals surface area contributed by atoms with E-state index in [0.717, 1.165) is 0 Å². The van der Waals surface area contributed by atoms with Gasteiger partial charge in [-0.15, -0.1) is 0 Å². The molecule has 0 radical (unpaired) electrons. The van der Waals surface area contributed by atoms with E-state index in [0.29, 0.717) is 15.9 Å². The van der Waals surface area contributed by atoms with Gasteiger partial charge in [-0.25, -0.2) is 4.98 Å². The number of carbonyl (C=O) groups excluding carboxylic acids is 1. The summed E-state index contributed by atoms with van der Waals surface area (Å²) in [6.45, 7) is 0.522. The van der Waals surface area contributed by atoms with Gasteiger partial charge < -0.3 is 4.74 Å². The summed E-state index contributed by atoms with van der Waals surface area (Å²) in [5, 5.41) is 1.35. The summed E-state index contributed by atoms with van der Waals surface area (Å²) in [5.74, 6) is -0.491. The monoisotopic (exact) mass is 485 g/mol. The van der Waals surface area contributed by atoms with E-state index in [-0.39, 0.29) is 29.1 Å². The summed E-state index contributed by atoms with van der Waals surface area (Å²) >= 11 is 9.45. The van der Waals surface area contributed by atoms with Gasteiger partial charge in [0, 0.05) is 9.86 Å².